The Morgan fingerprint density at radius 3 is 2.76 bits per heavy atom. The molecule has 1 N–H and O–H groups in total. The molecule has 1 unspecified atom stereocenters. The van der Waals surface area contributed by atoms with Gasteiger partial charge in [-0.25, -0.2) is 13.4 Å². The number of sulfone groups is 1. The maximum atomic E-state index is 12.1. The zero-order chi connectivity index (χ0) is 14.9. The first kappa shape index (κ1) is 13.9. The van der Waals surface area contributed by atoms with Crippen LogP contribution in [0.4, 0.5) is 5.69 Å². The smallest absolute Gasteiger partial charge is 0.213 e. The number of rotatable bonds is 3. The lowest BCUT2D eigenvalue weighted by molar-refractivity contribution is 0.398. The molecule has 3 rings (SSSR count). The van der Waals surface area contributed by atoms with Gasteiger partial charge in [0, 0.05) is 6.07 Å². The van der Waals surface area contributed by atoms with Gasteiger partial charge in [0.1, 0.15) is 0 Å². The topological polar surface area (TPSA) is 68.3 Å². The molecule has 0 aliphatic carbocycles. The number of nitrogens with zero attached hydrogens (tertiary/aromatic N) is 1. The number of hydrogen-bond donors (Lipinski definition) is 1. The summed E-state index contributed by atoms with van der Waals surface area (Å²) in [7, 11) is -1.59. The Morgan fingerprint density at radius 2 is 2.05 bits per heavy atom. The average molecular weight is 304 g/mol. The normalized spacial score (nSPS) is 19.6. The third kappa shape index (κ3) is 2.71. The molecule has 1 aliphatic heterocycles. The monoisotopic (exact) mass is 304 g/mol. The lowest BCUT2D eigenvalue weighted by Crippen LogP contribution is -2.24. The SMILES string of the molecule is COc1ccc(NC2CCS(=O)(=O)c3ccccc32)cn1. The summed E-state index contributed by atoms with van der Waals surface area (Å²) in [4.78, 5) is 4.57. The van der Waals surface area contributed by atoms with E-state index in [1.165, 1.54) is 0 Å². The highest BCUT2D eigenvalue weighted by Gasteiger charge is 2.29. The maximum Gasteiger partial charge on any atom is 0.213 e. The molecule has 2 aromatic rings. The minimum Gasteiger partial charge on any atom is -0.481 e. The molecule has 0 fully saturated rings. The summed E-state index contributed by atoms with van der Waals surface area (Å²) in [5, 5.41) is 3.34. The van der Waals surface area contributed by atoms with Gasteiger partial charge in [-0.05, 0) is 24.1 Å². The number of anilines is 1. The fourth-order valence-corrected chi connectivity index (χ4v) is 4.15. The molecule has 5 nitrogen and oxygen atoms in total. The minimum absolute atomic E-state index is 0.0279. The van der Waals surface area contributed by atoms with Crippen molar-refractivity contribution >= 4 is 15.5 Å². The number of nitrogens with one attached hydrogen (secondary N) is 1. The predicted octanol–water partition coefficient (Wildman–Crippen LogP) is 2.42. The van der Waals surface area contributed by atoms with Gasteiger partial charge in [0.05, 0.1) is 35.7 Å². The molecule has 110 valence electrons. The second-order valence-corrected chi connectivity index (χ2v) is 7.01. The fraction of sp³-hybridized carbons (Fsp3) is 0.267. The van der Waals surface area contributed by atoms with Crippen LogP contribution in [-0.2, 0) is 9.84 Å². The van der Waals surface area contributed by atoms with Crippen LogP contribution < -0.4 is 10.1 Å². The van der Waals surface area contributed by atoms with Crippen LogP contribution in [-0.4, -0.2) is 26.3 Å². The van der Waals surface area contributed by atoms with Crippen molar-refractivity contribution < 1.29 is 13.2 Å². The van der Waals surface area contributed by atoms with Crippen LogP contribution >= 0.6 is 0 Å². The van der Waals surface area contributed by atoms with Crippen molar-refractivity contribution in [2.45, 2.75) is 17.4 Å². The highest BCUT2D eigenvalue weighted by atomic mass is 32.2. The lowest BCUT2D eigenvalue weighted by atomic mass is 10.0. The zero-order valence-corrected chi connectivity index (χ0v) is 12.4. The standard InChI is InChI=1S/C15H16N2O3S/c1-20-15-7-6-11(10-16-15)17-13-8-9-21(18,19)14-5-3-2-4-12(13)14/h2-7,10,13,17H,8-9H2,1H3. The number of methoxy groups -OCH3 is 1. The maximum absolute atomic E-state index is 12.1. The number of aromatic nitrogens is 1. The third-order valence-electron chi connectivity index (χ3n) is 3.59. The van der Waals surface area contributed by atoms with E-state index >= 15 is 0 Å². The van der Waals surface area contributed by atoms with Gasteiger partial charge in [0.2, 0.25) is 5.88 Å². The third-order valence-corrected chi connectivity index (χ3v) is 5.41. The van der Waals surface area contributed by atoms with Gasteiger partial charge in [-0.2, -0.15) is 0 Å². The van der Waals surface area contributed by atoms with Gasteiger partial charge >= 0.3 is 0 Å². The van der Waals surface area contributed by atoms with Crippen molar-refractivity contribution in [3.05, 3.63) is 48.2 Å². The van der Waals surface area contributed by atoms with E-state index in [1.54, 1.807) is 31.5 Å². The summed E-state index contributed by atoms with van der Waals surface area (Å²) in [5.74, 6) is 0.706. The Hall–Kier alpha value is -2.08. The quantitative estimate of drug-likeness (QED) is 0.943. The Kier molecular flexibility index (Phi) is 3.55. The summed E-state index contributed by atoms with van der Waals surface area (Å²) >= 11 is 0. The van der Waals surface area contributed by atoms with Crippen LogP contribution in [0.2, 0.25) is 0 Å². The average Bonchev–Trinajstić information content (AvgIpc) is 2.51. The van der Waals surface area contributed by atoms with Gasteiger partial charge in [-0.3, -0.25) is 0 Å². The lowest BCUT2D eigenvalue weighted by Gasteiger charge is -2.27. The molecule has 0 radical (unpaired) electrons. The van der Waals surface area contributed by atoms with E-state index in [9.17, 15) is 8.42 Å². The molecule has 0 bridgehead atoms. The van der Waals surface area contributed by atoms with Gasteiger partial charge in [-0.15, -0.1) is 0 Å². The van der Waals surface area contributed by atoms with Gasteiger partial charge in [0.15, 0.2) is 9.84 Å². The van der Waals surface area contributed by atoms with Crippen LogP contribution in [0, 0.1) is 0 Å². The Labute approximate surface area is 123 Å². The second-order valence-electron chi connectivity index (χ2n) is 4.93. The molecule has 1 atom stereocenters. The van der Waals surface area contributed by atoms with Crippen molar-refractivity contribution in [3.8, 4) is 5.88 Å². The first-order valence-corrected chi connectivity index (χ1v) is 8.33. The molecule has 1 aromatic heterocycles. The molecule has 1 aliphatic rings. The number of fused-ring (bicyclic) bond motifs is 1. The Balaban J connectivity index is 1.90. The molecule has 0 saturated heterocycles. The molecular weight excluding hydrogens is 288 g/mol. The van der Waals surface area contributed by atoms with Crippen LogP contribution in [0.1, 0.15) is 18.0 Å². The largest absolute Gasteiger partial charge is 0.481 e. The van der Waals surface area contributed by atoms with Crippen LogP contribution in [0.5, 0.6) is 5.88 Å². The minimum atomic E-state index is -3.15. The summed E-state index contributed by atoms with van der Waals surface area (Å²) in [6, 6.07) is 10.8. The molecule has 2 heterocycles. The van der Waals surface area contributed by atoms with E-state index in [1.807, 2.05) is 18.2 Å². The van der Waals surface area contributed by atoms with Gasteiger partial charge < -0.3 is 10.1 Å². The van der Waals surface area contributed by atoms with Crippen LogP contribution in [0.25, 0.3) is 0 Å². The van der Waals surface area contributed by atoms with E-state index in [-0.39, 0.29) is 11.8 Å². The molecule has 21 heavy (non-hydrogen) atoms. The first-order chi connectivity index (χ1) is 10.1. The van der Waals surface area contributed by atoms with E-state index in [4.69, 9.17) is 4.74 Å². The van der Waals surface area contributed by atoms with Crippen molar-refractivity contribution in [1.82, 2.24) is 4.98 Å². The molecule has 0 saturated carbocycles. The first-order valence-electron chi connectivity index (χ1n) is 6.68. The van der Waals surface area contributed by atoms with Crippen LogP contribution in [0.3, 0.4) is 0 Å². The Morgan fingerprint density at radius 1 is 1.24 bits per heavy atom. The van der Waals surface area contributed by atoms with Gasteiger partial charge in [-0.1, -0.05) is 18.2 Å². The fourth-order valence-electron chi connectivity index (χ4n) is 2.53. The number of pyridine rings is 1. The number of hydrogen-bond acceptors (Lipinski definition) is 5. The van der Waals surface area contributed by atoms with E-state index in [2.05, 4.69) is 10.3 Å². The van der Waals surface area contributed by atoms with Crippen molar-refractivity contribution in [2.24, 2.45) is 0 Å². The molecular formula is C15H16N2O3S. The van der Waals surface area contributed by atoms with E-state index in [0.29, 0.717) is 17.2 Å². The summed E-state index contributed by atoms with van der Waals surface area (Å²) < 4.78 is 29.2. The number of ether oxygens (including phenoxy) is 1. The highest BCUT2D eigenvalue weighted by Crippen LogP contribution is 2.34. The Bertz CT molecular complexity index is 742. The van der Waals surface area contributed by atoms with E-state index < -0.39 is 9.84 Å². The van der Waals surface area contributed by atoms with Gasteiger partial charge in [0.25, 0.3) is 0 Å². The summed E-state index contributed by atoms with van der Waals surface area (Å²) in [6.07, 6.45) is 2.23. The van der Waals surface area contributed by atoms with Crippen molar-refractivity contribution in [2.75, 3.05) is 18.2 Å². The van der Waals surface area contributed by atoms with Crippen LogP contribution in [0.15, 0.2) is 47.5 Å². The summed E-state index contributed by atoms with van der Waals surface area (Å²) in [5.41, 5.74) is 1.66. The molecule has 0 amide bonds. The van der Waals surface area contributed by atoms with E-state index in [0.717, 1.165) is 11.3 Å². The number of benzene rings is 1. The molecule has 6 heteroatoms. The highest BCUT2D eigenvalue weighted by molar-refractivity contribution is 7.91. The summed E-state index contributed by atoms with van der Waals surface area (Å²) in [6.45, 7) is 0. The molecule has 0 spiro atoms. The second kappa shape index (κ2) is 5.37. The predicted molar refractivity (Wildman–Crippen MR) is 80.3 cm³/mol. The van der Waals surface area contributed by atoms with Crippen molar-refractivity contribution in [1.29, 1.82) is 0 Å². The molecule has 1 aromatic carbocycles. The van der Waals surface area contributed by atoms with Crippen molar-refractivity contribution in [3.63, 3.8) is 0 Å². The zero-order valence-electron chi connectivity index (χ0n) is 11.6.